The molecular weight excluding hydrogens is 520 g/mol. The molecule has 0 saturated heterocycles. The first kappa shape index (κ1) is 27.8. The molecule has 6 rings (SSSR count). The molecule has 0 aliphatic carbocycles. The van der Waals surface area contributed by atoms with Crippen molar-refractivity contribution in [3.63, 3.8) is 0 Å². The number of allylic oxidation sites excluding steroid dienone is 2. The molecule has 1 aromatic heterocycles. The van der Waals surface area contributed by atoms with Crippen molar-refractivity contribution in [1.29, 1.82) is 0 Å². The van der Waals surface area contributed by atoms with E-state index in [-0.39, 0.29) is 5.41 Å². The van der Waals surface area contributed by atoms with Crippen LogP contribution in [-0.2, 0) is 5.41 Å². The normalized spacial score (nSPS) is 11.5. The highest BCUT2D eigenvalue weighted by molar-refractivity contribution is 5.76. The van der Waals surface area contributed by atoms with Gasteiger partial charge >= 0.3 is 0 Å². The highest BCUT2D eigenvalue weighted by atomic mass is 14.9. The maximum atomic E-state index is 4.99. The van der Waals surface area contributed by atoms with E-state index in [9.17, 15) is 0 Å². The third-order valence-corrected chi connectivity index (χ3v) is 8.02. The molecule has 0 spiro atoms. The minimum absolute atomic E-state index is 0.179. The second kappa shape index (κ2) is 12.3. The number of rotatable bonds is 8. The van der Waals surface area contributed by atoms with Crippen LogP contribution in [0.2, 0.25) is 0 Å². The fourth-order valence-corrected chi connectivity index (χ4v) is 5.44. The molecular formula is C41H34N2. The molecule has 0 saturated carbocycles. The Kier molecular flexibility index (Phi) is 7.93. The van der Waals surface area contributed by atoms with Gasteiger partial charge in [-0.05, 0) is 33.9 Å². The molecule has 5 aromatic carbocycles. The summed E-state index contributed by atoms with van der Waals surface area (Å²) in [6, 6.07) is 48.8. The van der Waals surface area contributed by atoms with Crippen molar-refractivity contribution in [2.75, 3.05) is 0 Å². The molecule has 0 aliphatic rings. The summed E-state index contributed by atoms with van der Waals surface area (Å²) < 4.78 is 0. The number of hydrogen-bond donors (Lipinski definition) is 0. The quantitative estimate of drug-likeness (QED) is 0.175. The van der Waals surface area contributed by atoms with Gasteiger partial charge in [0.25, 0.3) is 0 Å². The molecule has 6 aromatic rings. The molecule has 1 heterocycles. The summed E-state index contributed by atoms with van der Waals surface area (Å²) in [5, 5.41) is 0. The lowest BCUT2D eigenvalue weighted by atomic mass is 9.77. The SMILES string of the molecule is C=C/C=C\c1ccccc1-c1ccc(C(C)(C)c2ccc(-c3nc(-c4ccccc4)cc(-c4ccccc4)n3)cc2)cc1. The predicted molar refractivity (Wildman–Crippen MR) is 182 cm³/mol. The highest BCUT2D eigenvalue weighted by Crippen LogP contribution is 2.35. The van der Waals surface area contributed by atoms with Crippen LogP contribution in [-0.4, -0.2) is 9.97 Å². The molecule has 0 N–H and O–H groups in total. The van der Waals surface area contributed by atoms with Crippen molar-refractivity contribution in [1.82, 2.24) is 9.97 Å². The predicted octanol–water partition coefficient (Wildman–Crippen LogP) is 10.7. The standard InChI is InChI=1S/C41H34N2/c1-4-5-14-30-15-12-13-20-37(30)31-21-25-35(26-22-31)41(2,3)36-27-23-34(24-28-36)40-42-38(32-16-8-6-9-17-32)29-39(43-40)33-18-10-7-11-19-33/h4-29H,1H2,2-3H3/b14-5-. The molecule has 0 unspecified atom stereocenters. The van der Waals surface area contributed by atoms with Crippen molar-refractivity contribution < 1.29 is 0 Å². The van der Waals surface area contributed by atoms with Crippen LogP contribution in [0.3, 0.4) is 0 Å². The highest BCUT2D eigenvalue weighted by Gasteiger charge is 2.23. The van der Waals surface area contributed by atoms with Crippen molar-refractivity contribution >= 4 is 6.08 Å². The van der Waals surface area contributed by atoms with E-state index >= 15 is 0 Å². The van der Waals surface area contributed by atoms with Gasteiger partial charge in [-0.3, -0.25) is 0 Å². The van der Waals surface area contributed by atoms with E-state index < -0.39 is 0 Å². The van der Waals surface area contributed by atoms with Gasteiger partial charge < -0.3 is 0 Å². The second-order valence-electron chi connectivity index (χ2n) is 11.2. The Morgan fingerprint density at radius 3 is 1.56 bits per heavy atom. The maximum Gasteiger partial charge on any atom is 0.160 e. The molecule has 2 heteroatoms. The molecule has 0 bridgehead atoms. The van der Waals surface area contributed by atoms with Gasteiger partial charge in [0.15, 0.2) is 5.82 Å². The van der Waals surface area contributed by atoms with E-state index in [1.165, 1.54) is 27.8 Å². The van der Waals surface area contributed by atoms with E-state index in [1.807, 2.05) is 48.6 Å². The van der Waals surface area contributed by atoms with Crippen LogP contribution in [0.25, 0.3) is 51.1 Å². The Morgan fingerprint density at radius 2 is 1.02 bits per heavy atom. The maximum absolute atomic E-state index is 4.99. The molecule has 208 valence electrons. The Labute approximate surface area is 254 Å². The molecule has 2 nitrogen and oxygen atoms in total. The molecule has 0 aliphatic heterocycles. The summed E-state index contributed by atoms with van der Waals surface area (Å²) in [6.07, 6.45) is 5.89. The summed E-state index contributed by atoms with van der Waals surface area (Å²) in [4.78, 5) is 9.98. The third kappa shape index (κ3) is 6.00. The van der Waals surface area contributed by atoms with Crippen molar-refractivity contribution in [3.05, 3.63) is 175 Å². The number of hydrogen-bond acceptors (Lipinski definition) is 2. The van der Waals surface area contributed by atoms with Gasteiger partial charge in [-0.1, -0.05) is 172 Å². The van der Waals surface area contributed by atoms with Gasteiger partial charge in [0.05, 0.1) is 11.4 Å². The first-order valence-electron chi connectivity index (χ1n) is 14.6. The van der Waals surface area contributed by atoms with Crippen LogP contribution >= 0.6 is 0 Å². The molecule has 0 atom stereocenters. The summed E-state index contributed by atoms with van der Waals surface area (Å²) in [7, 11) is 0. The molecule has 0 radical (unpaired) electrons. The summed E-state index contributed by atoms with van der Waals surface area (Å²) >= 11 is 0. The van der Waals surface area contributed by atoms with E-state index in [1.54, 1.807) is 0 Å². The Balaban J connectivity index is 1.31. The minimum atomic E-state index is -0.179. The first-order valence-corrected chi connectivity index (χ1v) is 14.6. The Hall–Kier alpha value is -5.34. The lowest BCUT2D eigenvalue weighted by molar-refractivity contribution is 0.641. The van der Waals surface area contributed by atoms with Crippen LogP contribution in [0.4, 0.5) is 0 Å². The fourth-order valence-electron chi connectivity index (χ4n) is 5.44. The smallest absolute Gasteiger partial charge is 0.160 e. The topological polar surface area (TPSA) is 25.8 Å². The van der Waals surface area contributed by atoms with Crippen molar-refractivity contribution in [2.45, 2.75) is 19.3 Å². The largest absolute Gasteiger partial charge is 0.228 e. The van der Waals surface area contributed by atoms with Gasteiger partial charge in [0.1, 0.15) is 0 Å². The summed E-state index contributed by atoms with van der Waals surface area (Å²) in [5.41, 5.74) is 10.9. The minimum Gasteiger partial charge on any atom is -0.228 e. The van der Waals surface area contributed by atoms with Crippen LogP contribution in [0.5, 0.6) is 0 Å². The molecule has 0 fully saturated rings. The van der Waals surface area contributed by atoms with Crippen LogP contribution < -0.4 is 0 Å². The van der Waals surface area contributed by atoms with Gasteiger partial charge in [0.2, 0.25) is 0 Å². The lowest BCUT2D eigenvalue weighted by Crippen LogP contribution is -2.18. The van der Waals surface area contributed by atoms with Crippen molar-refractivity contribution in [3.8, 4) is 45.0 Å². The zero-order valence-electron chi connectivity index (χ0n) is 24.6. The zero-order valence-corrected chi connectivity index (χ0v) is 24.6. The Morgan fingerprint density at radius 1 is 0.535 bits per heavy atom. The summed E-state index contributed by atoms with van der Waals surface area (Å²) in [6.45, 7) is 8.36. The van der Waals surface area contributed by atoms with Crippen LogP contribution in [0.15, 0.2) is 158 Å². The van der Waals surface area contributed by atoms with Gasteiger partial charge in [-0.15, -0.1) is 0 Å². The lowest BCUT2D eigenvalue weighted by Gasteiger charge is -2.26. The van der Waals surface area contributed by atoms with E-state index in [0.717, 1.165) is 33.9 Å². The van der Waals surface area contributed by atoms with Crippen LogP contribution in [0, 0.1) is 0 Å². The van der Waals surface area contributed by atoms with E-state index in [4.69, 9.17) is 9.97 Å². The van der Waals surface area contributed by atoms with Crippen LogP contribution in [0.1, 0.15) is 30.5 Å². The zero-order chi connectivity index (χ0) is 29.6. The van der Waals surface area contributed by atoms with E-state index in [2.05, 4.69) is 130 Å². The third-order valence-electron chi connectivity index (χ3n) is 8.02. The molecule has 43 heavy (non-hydrogen) atoms. The van der Waals surface area contributed by atoms with Gasteiger partial charge in [-0.25, -0.2) is 9.97 Å². The number of benzene rings is 5. The number of nitrogens with zero attached hydrogens (tertiary/aromatic N) is 2. The fraction of sp³-hybridized carbons (Fsp3) is 0.0732. The summed E-state index contributed by atoms with van der Waals surface area (Å²) in [5.74, 6) is 0.720. The van der Waals surface area contributed by atoms with Crippen molar-refractivity contribution in [2.24, 2.45) is 0 Å². The number of aromatic nitrogens is 2. The second-order valence-corrected chi connectivity index (χ2v) is 11.2. The molecule has 0 amide bonds. The average Bonchev–Trinajstić information content (AvgIpc) is 3.08. The Bertz CT molecular complexity index is 1810. The van der Waals surface area contributed by atoms with Gasteiger partial charge in [-0.2, -0.15) is 0 Å². The van der Waals surface area contributed by atoms with E-state index in [0.29, 0.717) is 0 Å². The average molecular weight is 555 g/mol. The monoisotopic (exact) mass is 554 g/mol. The first-order chi connectivity index (χ1) is 21.0. The van der Waals surface area contributed by atoms with Gasteiger partial charge in [0, 0.05) is 22.1 Å².